The lowest BCUT2D eigenvalue weighted by Crippen LogP contribution is -2.01. The van der Waals surface area contributed by atoms with Crippen molar-refractivity contribution >= 4 is 44.0 Å². The fourth-order valence-corrected chi connectivity index (χ4v) is 4.15. The molecule has 142 valence electrons. The molecule has 0 bridgehead atoms. The van der Waals surface area contributed by atoms with E-state index in [1.165, 1.54) is 18.4 Å². The molecule has 6 nitrogen and oxygen atoms in total. The van der Waals surface area contributed by atoms with Gasteiger partial charge in [-0.2, -0.15) is 0 Å². The number of hydrogen-bond donors (Lipinski definition) is 1. The molecule has 0 unspecified atom stereocenters. The van der Waals surface area contributed by atoms with Crippen LogP contribution in [0.3, 0.4) is 0 Å². The maximum absolute atomic E-state index is 12.0. The average molecular weight is 394 g/mol. The van der Waals surface area contributed by atoms with E-state index in [1.54, 1.807) is 13.3 Å². The van der Waals surface area contributed by atoms with Gasteiger partial charge in [-0.15, -0.1) is 11.3 Å². The molecule has 0 aliphatic heterocycles. The van der Waals surface area contributed by atoms with E-state index in [0.29, 0.717) is 28.7 Å². The number of carbonyl (C=O) groups is 1. The molecule has 4 aromatic rings. The molecule has 2 N–H and O–H groups in total. The van der Waals surface area contributed by atoms with Gasteiger partial charge in [0.15, 0.2) is 11.5 Å². The number of nitrogen functional groups attached to an aromatic ring is 1. The van der Waals surface area contributed by atoms with Crippen molar-refractivity contribution in [3.63, 3.8) is 0 Å². The maximum Gasteiger partial charge on any atom is 0.350 e. The Morgan fingerprint density at radius 3 is 2.61 bits per heavy atom. The highest BCUT2D eigenvalue weighted by atomic mass is 32.1. The van der Waals surface area contributed by atoms with Crippen LogP contribution >= 0.6 is 11.3 Å². The third-order valence-electron chi connectivity index (χ3n) is 4.45. The molecule has 0 amide bonds. The molecule has 0 aliphatic carbocycles. The smallest absolute Gasteiger partial charge is 0.350 e. The number of rotatable bonds is 5. The molecule has 4 rings (SSSR count). The Morgan fingerprint density at radius 1 is 1.11 bits per heavy atom. The molecule has 28 heavy (non-hydrogen) atoms. The summed E-state index contributed by atoms with van der Waals surface area (Å²) in [6.07, 6.45) is 1.67. The number of esters is 1. The molecule has 0 spiro atoms. The highest BCUT2D eigenvalue weighted by Crippen LogP contribution is 2.41. The predicted octanol–water partition coefficient (Wildman–Crippen LogP) is 4.41. The minimum Gasteiger partial charge on any atom is -0.493 e. The van der Waals surface area contributed by atoms with E-state index in [0.717, 1.165) is 26.6 Å². The number of benzene rings is 2. The topological polar surface area (TPSA) is 83.7 Å². The van der Waals surface area contributed by atoms with Crippen LogP contribution in [-0.4, -0.2) is 25.2 Å². The zero-order chi connectivity index (χ0) is 19.7. The van der Waals surface area contributed by atoms with Crippen molar-refractivity contribution in [1.82, 2.24) is 4.98 Å². The standard InChI is InChI=1S/C21H18N2O4S/c1-25-16-9-15-13(8-17(16)27-11-12-6-4-3-5-7-12)19-14(10-23-15)18(22)20(28-19)21(24)26-2/h3-10H,11,22H2,1-2H3. The van der Waals surface area contributed by atoms with Crippen molar-refractivity contribution in [3.05, 3.63) is 59.1 Å². The normalized spacial score (nSPS) is 10.9. The highest BCUT2D eigenvalue weighted by molar-refractivity contribution is 7.22. The van der Waals surface area contributed by atoms with Gasteiger partial charge < -0.3 is 19.9 Å². The summed E-state index contributed by atoms with van der Waals surface area (Å²) >= 11 is 1.29. The quantitative estimate of drug-likeness (QED) is 0.505. The summed E-state index contributed by atoms with van der Waals surface area (Å²) in [6.45, 7) is 0.409. The molecule has 0 radical (unpaired) electrons. The molecule has 0 saturated carbocycles. The number of thiophene rings is 1. The Labute approximate surface area is 165 Å². The lowest BCUT2D eigenvalue weighted by molar-refractivity contribution is 0.0607. The zero-order valence-corrected chi connectivity index (χ0v) is 16.2. The zero-order valence-electron chi connectivity index (χ0n) is 15.4. The number of ether oxygens (including phenoxy) is 3. The second kappa shape index (κ2) is 7.36. The fraction of sp³-hybridized carbons (Fsp3) is 0.143. The van der Waals surface area contributed by atoms with Crippen molar-refractivity contribution in [2.24, 2.45) is 0 Å². The number of anilines is 1. The number of aromatic nitrogens is 1. The van der Waals surface area contributed by atoms with Crippen molar-refractivity contribution in [1.29, 1.82) is 0 Å². The molecule has 0 fully saturated rings. The van der Waals surface area contributed by atoms with Gasteiger partial charge in [0.1, 0.15) is 11.5 Å². The van der Waals surface area contributed by atoms with Crippen LogP contribution in [0, 0.1) is 0 Å². The van der Waals surface area contributed by atoms with E-state index in [1.807, 2.05) is 42.5 Å². The van der Waals surface area contributed by atoms with E-state index in [-0.39, 0.29) is 0 Å². The van der Waals surface area contributed by atoms with Gasteiger partial charge in [-0.3, -0.25) is 4.98 Å². The second-order valence-corrected chi connectivity index (χ2v) is 7.15. The third kappa shape index (κ3) is 3.10. The van der Waals surface area contributed by atoms with Gasteiger partial charge in [0.25, 0.3) is 0 Å². The Hall–Kier alpha value is -3.32. The molecule has 2 aromatic heterocycles. The number of methoxy groups -OCH3 is 2. The summed E-state index contributed by atoms with van der Waals surface area (Å²) in [5.74, 6) is 0.730. The summed E-state index contributed by atoms with van der Waals surface area (Å²) in [4.78, 5) is 16.9. The number of nitrogens with two attached hydrogens (primary N) is 1. The first-order valence-electron chi connectivity index (χ1n) is 8.56. The van der Waals surface area contributed by atoms with Gasteiger partial charge in [-0.05, 0) is 11.6 Å². The average Bonchev–Trinajstić information content (AvgIpc) is 3.08. The molecule has 7 heteroatoms. The minimum absolute atomic E-state index is 0.370. The van der Waals surface area contributed by atoms with Crippen molar-refractivity contribution in [2.45, 2.75) is 6.61 Å². The van der Waals surface area contributed by atoms with Gasteiger partial charge in [-0.25, -0.2) is 4.79 Å². The number of fused-ring (bicyclic) bond motifs is 3. The number of carbonyl (C=O) groups excluding carboxylic acids is 1. The van der Waals surface area contributed by atoms with E-state index >= 15 is 0 Å². The first-order chi connectivity index (χ1) is 13.6. The van der Waals surface area contributed by atoms with Crippen molar-refractivity contribution in [2.75, 3.05) is 20.0 Å². The number of nitrogens with zero attached hydrogens (tertiary/aromatic N) is 1. The summed E-state index contributed by atoms with van der Waals surface area (Å²) in [6, 6.07) is 13.6. The van der Waals surface area contributed by atoms with Gasteiger partial charge >= 0.3 is 5.97 Å². The first kappa shape index (κ1) is 18.1. The Morgan fingerprint density at radius 2 is 1.89 bits per heavy atom. The molecule has 0 aliphatic rings. The summed E-state index contributed by atoms with van der Waals surface area (Å²) < 4.78 is 17.2. The molecule has 0 saturated heterocycles. The van der Waals surface area contributed by atoms with Crippen molar-refractivity contribution < 1.29 is 19.0 Å². The molecule has 2 heterocycles. The Balaban J connectivity index is 1.83. The lowest BCUT2D eigenvalue weighted by atomic mass is 10.1. The summed E-state index contributed by atoms with van der Waals surface area (Å²) in [5, 5.41) is 1.56. The van der Waals surface area contributed by atoms with Crippen LogP contribution in [0.5, 0.6) is 11.5 Å². The minimum atomic E-state index is -0.457. The lowest BCUT2D eigenvalue weighted by Gasteiger charge is -2.12. The van der Waals surface area contributed by atoms with Gasteiger partial charge in [0.2, 0.25) is 0 Å². The summed E-state index contributed by atoms with van der Waals surface area (Å²) in [5.41, 5.74) is 8.31. The van der Waals surface area contributed by atoms with Crippen LogP contribution in [0.4, 0.5) is 5.69 Å². The van der Waals surface area contributed by atoms with Crippen LogP contribution in [0.15, 0.2) is 48.7 Å². The number of hydrogen-bond acceptors (Lipinski definition) is 7. The van der Waals surface area contributed by atoms with Gasteiger partial charge in [-0.1, -0.05) is 30.3 Å². The van der Waals surface area contributed by atoms with Gasteiger partial charge in [0.05, 0.1) is 25.4 Å². The van der Waals surface area contributed by atoms with E-state index in [4.69, 9.17) is 19.9 Å². The number of pyridine rings is 1. The van der Waals surface area contributed by atoms with Crippen LogP contribution in [0.25, 0.3) is 21.0 Å². The van der Waals surface area contributed by atoms with Gasteiger partial charge in [0, 0.05) is 27.7 Å². The Kier molecular flexibility index (Phi) is 4.75. The molecule has 0 atom stereocenters. The molecular weight excluding hydrogens is 376 g/mol. The van der Waals surface area contributed by atoms with E-state index < -0.39 is 5.97 Å². The molecule has 2 aromatic carbocycles. The first-order valence-corrected chi connectivity index (χ1v) is 9.37. The third-order valence-corrected chi connectivity index (χ3v) is 5.69. The molecular formula is C21H18N2O4S. The largest absolute Gasteiger partial charge is 0.493 e. The predicted molar refractivity (Wildman–Crippen MR) is 110 cm³/mol. The SMILES string of the molecule is COC(=O)c1sc2c(cnc3cc(OC)c(OCc4ccccc4)cc32)c1N. The Bertz CT molecular complexity index is 1170. The van der Waals surface area contributed by atoms with Crippen LogP contribution in [-0.2, 0) is 11.3 Å². The monoisotopic (exact) mass is 394 g/mol. The maximum atomic E-state index is 12.0. The van der Waals surface area contributed by atoms with Crippen LogP contribution in [0.2, 0.25) is 0 Å². The van der Waals surface area contributed by atoms with E-state index in [9.17, 15) is 4.79 Å². The van der Waals surface area contributed by atoms with Crippen molar-refractivity contribution in [3.8, 4) is 11.5 Å². The summed E-state index contributed by atoms with van der Waals surface area (Å²) in [7, 11) is 2.93. The highest BCUT2D eigenvalue weighted by Gasteiger charge is 2.20. The fourth-order valence-electron chi connectivity index (χ4n) is 3.01. The van der Waals surface area contributed by atoms with E-state index in [2.05, 4.69) is 4.98 Å². The second-order valence-electron chi connectivity index (χ2n) is 6.13. The van der Waals surface area contributed by atoms with Crippen LogP contribution in [0.1, 0.15) is 15.2 Å². The van der Waals surface area contributed by atoms with Crippen LogP contribution < -0.4 is 15.2 Å².